The maximum Gasteiger partial charge on any atom is 0.338 e. The van der Waals surface area contributed by atoms with Crippen LogP contribution in [-0.2, 0) is 28.9 Å². The van der Waals surface area contributed by atoms with Crippen molar-refractivity contribution >= 4 is 74.3 Å². The second-order valence-corrected chi connectivity index (χ2v) is 14.8. The predicted molar refractivity (Wildman–Crippen MR) is 192 cm³/mol. The fraction of sp³-hybridized carbons (Fsp3) is 0.256. The lowest BCUT2D eigenvalue weighted by Crippen LogP contribution is -2.57. The largest absolute Gasteiger partial charge is 0.454 e. The molecule has 1 fully saturated rings. The summed E-state index contributed by atoms with van der Waals surface area (Å²) in [6.07, 6.45) is 1.91. The van der Waals surface area contributed by atoms with Crippen LogP contribution in [0.15, 0.2) is 102 Å². The van der Waals surface area contributed by atoms with Crippen LogP contribution in [0.3, 0.4) is 0 Å². The summed E-state index contributed by atoms with van der Waals surface area (Å²) in [6, 6.07) is 28.1. The Bertz CT molecular complexity index is 1910. The Morgan fingerprint density at radius 1 is 0.700 bits per heavy atom. The van der Waals surface area contributed by atoms with Crippen LogP contribution >= 0.6 is 39.1 Å². The van der Waals surface area contributed by atoms with Gasteiger partial charge in [0.15, 0.2) is 12.4 Å². The van der Waals surface area contributed by atoms with E-state index in [1.807, 2.05) is 48.5 Å². The number of hydrogen-bond acceptors (Lipinski definition) is 6. The van der Waals surface area contributed by atoms with Gasteiger partial charge in [0.05, 0.1) is 17.4 Å². The number of anilines is 1. The minimum absolute atomic E-state index is 0.208. The van der Waals surface area contributed by atoms with Crippen molar-refractivity contribution in [2.24, 2.45) is 11.8 Å². The zero-order chi connectivity index (χ0) is 35.2. The van der Waals surface area contributed by atoms with E-state index in [1.165, 1.54) is 17.0 Å². The minimum Gasteiger partial charge on any atom is -0.454 e. The van der Waals surface area contributed by atoms with Gasteiger partial charge < -0.3 is 10.1 Å². The number of benzene rings is 4. The normalized spacial score (nSPS) is 22.8. The lowest BCUT2D eigenvalue weighted by molar-refractivity contribution is -0.140. The van der Waals surface area contributed by atoms with Crippen LogP contribution in [0.2, 0.25) is 0 Å². The number of nitrogens with zero attached hydrogens (tertiary/aromatic N) is 1. The molecule has 11 heteroatoms. The van der Waals surface area contributed by atoms with Gasteiger partial charge in [-0.05, 0) is 71.5 Å². The Hall–Kier alpha value is -4.31. The summed E-state index contributed by atoms with van der Waals surface area (Å²) in [5, 5.41) is 2.81. The molecule has 3 aliphatic carbocycles. The Labute approximate surface area is 307 Å². The predicted octanol–water partition coefficient (Wildman–Crippen LogP) is 7.58. The zero-order valence-electron chi connectivity index (χ0n) is 26.7. The molecule has 0 unspecified atom stereocenters. The summed E-state index contributed by atoms with van der Waals surface area (Å²) in [4.78, 5) is 64.1. The van der Waals surface area contributed by atoms with E-state index in [0.717, 1.165) is 26.7 Å². The van der Waals surface area contributed by atoms with Crippen molar-refractivity contribution in [3.63, 3.8) is 0 Å². The lowest BCUT2D eigenvalue weighted by atomic mass is 9.54. The van der Waals surface area contributed by atoms with Gasteiger partial charge in [-0.1, -0.05) is 83.0 Å². The number of Topliss-reactive ketones (excluding diaryl/α,β-unsaturated/α-hetero) is 1. The number of halogens is 3. The Kier molecular flexibility index (Phi) is 9.18. The van der Waals surface area contributed by atoms with Gasteiger partial charge in [0.25, 0.3) is 0 Å². The molecule has 0 spiro atoms. The van der Waals surface area contributed by atoms with Crippen LogP contribution in [0.1, 0.15) is 68.7 Å². The van der Waals surface area contributed by atoms with Gasteiger partial charge in [-0.25, -0.2) is 4.79 Å². The number of amides is 3. The number of alkyl halides is 2. The van der Waals surface area contributed by atoms with Crippen LogP contribution in [-0.4, -0.2) is 47.5 Å². The SMILES string of the molecule is O=C(CCCCCN1C(=O)[C@@H]2[C@H](C1=O)C1(Cl)c3ccccc3C2(Cl)c2ccccc21)Nc1ccc(C(=O)OCC(=O)c2ccc(Br)cc2)cc1. The molecule has 0 saturated carbocycles. The van der Waals surface area contributed by atoms with Gasteiger partial charge in [-0.15, -0.1) is 23.2 Å². The van der Waals surface area contributed by atoms with E-state index in [9.17, 15) is 24.0 Å². The van der Waals surface area contributed by atoms with Crippen LogP contribution < -0.4 is 5.32 Å². The van der Waals surface area contributed by atoms with E-state index in [1.54, 1.807) is 36.4 Å². The highest BCUT2D eigenvalue weighted by molar-refractivity contribution is 9.10. The van der Waals surface area contributed by atoms with Gasteiger partial charge in [-0.2, -0.15) is 0 Å². The van der Waals surface area contributed by atoms with Crippen LogP contribution in [0.4, 0.5) is 5.69 Å². The molecular weight excluding hydrogens is 743 g/mol. The van der Waals surface area contributed by atoms with E-state index in [2.05, 4.69) is 21.2 Å². The molecule has 2 atom stereocenters. The number of imide groups is 1. The number of esters is 1. The molecule has 4 aromatic rings. The Morgan fingerprint density at radius 2 is 1.20 bits per heavy atom. The van der Waals surface area contributed by atoms with E-state index in [4.69, 9.17) is 27.9 Å². The minimum atomic E-state index is -1.20. The summed E-state index contributed by atoms with van der Waals surface area (Å²) in [6.45, 7) is -0.172. The fourth-order valence-electron chi connectivity index (χ4n) is 7.52. The highest BCUT2D eigenvalue weighted by atomic mass is 79.9. The quantitative estimate of drug-likeness (QED) is 0.0554. The smallest absolute Gasteiger partial charge is 0.338 e. The summed E-state index contributed by atoms with van der Waals surface area (Å²) in [7, 11) is 0. The first-order valence-electron chi connectivity index (χ1n) is 16.3. The third-order valence-corrected chi connectivity index (χ3v) is 11.7. The molecule has 8 rings (SSSR count). The Balaban J connectivity index is 0.900. The third kappa shape index (κ3) is 5.65. The zero-order valence-corrected chi connectivity index (χ0v) is 29.8. The topological polar surface area (TPSA) is 110 Å². The van der Waals surface area contributed by atoms with Crippen LogP contribution in [0.25, 0.3) is 0 Å². The molecule has 3 amide bonds. The van der Waals surface area contributed by atoms with Crippen molar-refractivity contribution in [2.75, 3.05) is 18.5 Å². The summed E-state index contributed by atoms with van der Waals surface area (Å²) >= 11 is 18.2. The van der Waals surface area contributed by atoms with E-state index >= 15 is 0 Å². The maximum absolute atomic E-state index is 13.9. The molecule has 1 saturated heterocycles. The number of carbonyl (C=O) groups is 5. The summed E-state index contributed by atoms with van der Waals surface area (Å²) < 4.78 is 5.99. The fourth-order valence-corrected chi connectivity index (χ4v) is 8.89. The number of nitrogens with one attached hydrogen (secondary N) is 1. The number of ether oxygens (including phenoxy) is 1. The molecule has 4 aliphatic rings. The molecule has 50 heavy (non-hydrogen) atoms. The van der Waals surface area contributed by atoms with E-state index in [0.29, 0.717) is 30.5 Å². The summed E-state index contributed by atoms with van der Waals surface area (Å²) in [5.74, 6) is -3.44. The molecule has 0 aromatic heterocycles. The molecule has 1 heterocycles. The second kappa shape index (κ2) is 13.4. The summed E-state index contributed by atoms with van der Waals surface area (Å²) in [5.41, 5.74) is 4.27. The highest BCUT2D eigenvalue weighted by Crippen LogP contribution is 2.69. The van der Waals surface area contributed by atoms with Crippen molar-refractivity contribution in [3.8, 4) is 0 Å². The third-order valence-electron chi connectivity index (χ3n) is 9.87. The average Bonchev–Trinajstić information content (AvgIpc) is 3.39. The van der Waals surface area contributed by atoms with Crippen molar-refractivity contribution in [2.45, 2.75) is 35.4 Å². The van der Waals surface area contributed by atoms with Crippen LogP contribution in [0.5, 0.6) is 0 Å². The molecule has 1 aliphatic heterocycles. The first-order chi connectivity index (χ1) is 24.0. The number of hydrogen-bond donors (Lipinski definition) is 1. The van der Waals surface area contributed by atoms with Gasteiger partial charge in [0, 0.05) is 28.7 Å². The van der Waals surface area contributed by atoms with Crippen molar-refractivity contribution < 1.29 is 28.7 Å². The first kappa shape index (κ1) is 34.2. The molecule has 0 radical (unpaired) electrons. The van der Waals surface area contributed by atoms with Gasteiger partial charge in [0.1, 0.15) is 9.75 Å². The van der Waals surface area contributed by atoms with Gasteiger partial charge >= 0.3 is 5.97 Å². The maximum atomic E-state index is 13.9. The molecule has 2 bridgehead atoms. The second-order valence-electron chi connectivity index (χ2n) is 12.7. The Morgan fingerprint density at radius 3 is 1.72 bits per heavy atom. The number of rotatable bonds is 11. The first-order valence-corrected chi connectivity index (χ1v) is 17.9. The van der Waals surface area contributed by atoms with Crippen LogP contribution in [0, 0.1) is 11.8 Å². The highest BCUT2D eigenvalue weighted by Gasteiger charge is 2.72. The molecule has 8 nitrogen and oxygen atoms in total. The van der Waals surface area contributed by atoms with Gasteiger partial charge in [-0.3, -0.25) is 24.1 Å². The number of unbranched alkanes of at least 4 members (excludes halogenated alkanes) is 2. The molecule has 4 aromatic carbocycles. The number of carbonyl (C=O) groups excluding carboxylic acids is 5. The lowest BCUT2D eigenvalue weighted by Gasteiger charge is -2.54. The monoisotopic (exact) mass is 772 g/mol. The van der Waals surface area contributed by atoms with Crippen molar-refractivity contribution in [1.29, 1.82) is 0 Å². The van der Waals surface area contributed by atoms with Crippen molar-refractivity contribution in [3.05, 3.63) is 135 Å². The van der Waals surface area contributed by atoms with Gasteiger partial charge in [0.2, 0.25) is 17.7 Å². The standard InChI is InChI=1S/C39H31BrCl2N2O6/c40-25-17-13-23(14-18-25)31(45)22-50-37(49)24-15-19-26(20-16-24)43-32(46)12-2-1-7-21-44-35(47)33-34(36(44)48)39(42)28-9-4-3-8-27(28)38(33,41)29-10-5-6-11-30(29)39/h3-6,8-11,13-20,33-34H,1-2,7,12,21-22H2,(H,43,46)/t33-,34+,38?,39?. The van der Waals surface area contributed by atoms with E-state index < -0.39 is 27.6 Å². The molecule has 1 N–H and O–H groups in total. The average molecular weight is 774 g/mol. The molecular formula is C39H31BrCl2N2O6. The molecule has 254 valence electrons. The van der Waals surface area contributed by atoms with Crippen molar-refractivity contribution in [1.82, 2.24) is 4.90 Å². The number of ketones is 1. The van der Waals surface area contributed by atoms with E-state index in [-0.39, 0.29) is 48.6 Å². The number of likely N-dealkylation sites (tertiary alicyclic amines) is 1.